The monoisotopic (exact) mass is 309 g/mol. The molecule has 23 heavy (non-hydrogen) atoms. The van der Waals surface area contributed by atoms with Crippen LogP contribution in [-0.2, 0) is 12.8 Å². The first-order valence-electron chi connectivity index (χ1n) is 7.86. The second-order valence-electron chi connectivity index (χ2n) is 5.92. The molecule has 120 valence electrons. The molecule has 2 aromatic rings. The maximum Gasteiger partial charge on any atom is 0.272 e. The number of rotatable bonds is 5. The molecule has 0 spiro atoms. The molecule has 0 radical (unpaired) electrons. The molecule has 4 nitrogen and oxygen atoms in total. The molecular weight excluding hydrogens is 286 g/mol. The summed E-state index contributed by atoms with van der Waals surface area (Å²) in [5.41, 5.74) is 5.96. The van der Waals surface area contributed by atoms with Crippen molar-refractivity contribution in [3.05, 3.63) is 62.6 Å². The van der Waals surface area contributed by atoms with E-state index < -0.39 is 0 Å². The van der Waals surface area contributed by atoms with E-state index in [0.29, 0.717) is 12.1 Å². The minimum atomic E-state index is -0.125. The fourth-order valence-corrected chi connectivity index (χ4v) is 3.10. The van der Waals surface area contributed by atoms with Crippen LogP contribution in [0.3, 0.4) is 0 Å². The lowest BCUT2D eigenvalue weighted by molar-refractivity contribution is 0.927. The van der Waals surface area contributed by atoms with Gasteiger partial charge in [-0.15, -0.1) is 0 Å². The second-order valence-corrected chi connectivity index (χ2v) is 5.92. The molecule has 1 heterocycles. The van der Waals surface area contributed by atoms with Gasteiger partial charge in [-0.1, -0.05) is 36.8 Å². The third kappa shape index (κ3) is 3.62. The fraction of sp³-hybridized carbons (Fsp3) is 0.368. The van der Waals surface area contributed by atoms with E-state index in [1.54, 1.807) is 11.9 Å². The first-order chi connectivity index (χ1) is 11.0. The number of aromatic amines is 1. The van der Waals surface area contributed by atoms with Crippen LogP contribution in [0, 0.1) is 25.2 Å². The average Bonchev–Trinajstić information content (AvgIpc) is 2.47. The van der Waals surface area contributed by atoms with Crippen molar-refractivity contribution in [1.82, 2.24) is 4.98 Å². The lowest BCUT2D eigenvalue weighted by atomic mass is 9.95. The van der Waals surface area contributed by atoms with Gasteiger partial charge in [0.2, 0.25) is 0 Å². The Hall–Kier alpha value is -2.54. The van der Waals surface area contributed by atoms with E-state index in [9.17, 15) is 4.79 Å². The minimum Gasteiger partial charge on any atom is -0.357 e. The van der Waals surface area contributed by atoms with Gasteiger partial charge in [0.05, 0.1) is 6.07 Å². The highest BCUT2D eigenvalue weighted by Gasteiger charge is 2.18. The van der Waals surface area contributed by atoms with Crippen molar-refractivity contribution in [2.45, 2.75) is 33.6 Å². The van der Waals surface area contributed by atoms with Crippen LogP contribution in [0.15, 0.2) is 29.1 Å². The number of nitrogens with one attached hydrogen (secondary N) is 1. The molecular formula is C19H23N3O. The lowest BCUT2D eigenvalue weighted by Crippen LogP contribution is -2.29. The molecule has 0 bridgehead atoms. The number of aryl methyl sites for hydroxylation is 2. The van der Waals surface area contributed by atoms with E-state index in [-0.39, 0.29) is 12.1 Å². The SMILES string of the molecule is CCc1c(C)[nH]c(=O)c(N(C)CC#N)c1Cc1cccc(C)c1. The number of hydrogen-bond acceptors (Lipinski definition) is 3. The normalized spacial score (nSPS) is 10.4. The van der Waals surface area contributed by atoms with E-state index >= 15 is 0 Å². The van der Waals surface area contributed by atoms with Crippen molar-refractivity contribution in [3.8, 4) is 6.07 Å². The third-order valence-corrected chi connectivity index (χ3v) is 4.13. The first kappa shape index (κ1) is 16.8. The molecule has 2 rings (SSSR count). The van der Waals surface area contributed by atoms with Crippen LogP contribution >= 0.6 is 0 Å². The van der Waals surface area contributed by atoms with Crippen LogP contribution in [0.4, 0.5) is 5.69 Å². The summed E-state index contributed by atoms with van der Waals surface area (Å²) in [6.45, 7) is 6.29. The van der Waals surface area contributed by atoms with E-state index in [1.165, 1.54) is 11.1 Å². The second kappa shape index (κ2) is 7.15. The quantitative estimate of drug-likeness (QED) is 0.863. The smallest absolute Gasteiger partial charge is 0.272 e. The molecule has 1 N–H and O–H groups in total. The van der Waals surface area contributed by atoms with Gasteiger partial charge in [-0.2, -0.15) is 5.26 Å². The van der Waals surface area contributed by atoms with Crippen LogP contribution in [0.2, 0.25) is 0 Å². The summed E-state index contributed by atoms with van der Waals surface area (Å²) in [6, 6.07) is 10.4. The number of aromatic nitrogens is 1. The third-order valence-electron chi connectivity index (χ3n) is 4.13. The number of nitrogens with zero attached hydrogens (tertiary/aromatic N) is 2. The molecule has 1 aromatic heterocycles. The van der Waals surface area contributed by atoms with Crippen molar-refractivity contribution in [2.24, 2.45) is 0 Å². The number of H-pyrrole nitrogens is 1. The number of hydrogen-bond donors (Lipinski definition) is 1. The average molecular weight is 309 g/mol. The summed E-state index contributed by atoms with van der Waals surface area (Å²) in [5.74, 6) is 0. The summed E-state index contributed by atoms with van der Waals surface area (Å²) < 4.78 is 0. The van der Waals surface area contributed by atoms with Gasteiger partial charge >= 0.3 is 0 Å². The van der Waals surface area contributed by atoms with Gasteiger partial charge in [-0.25, -0.2) is 0 Å². The van der Waals surface area contributed by atoms with E-state index in [1.807, 2.05) is 13.0 Å². The topological polar surface area (TPSA) is 59.9 Å². The summed E-state index contributed by atoms with van der Waals surface area (Å²) in [4.78, 5) is 17.2. The standard InChI is InChI=1S/C19H23N3O/c1-5-16-14(3)21-19(23)18(22(4)10-9-20)17(16)12-15-8-6-7-13(2)11-15/h6-8,11H,5,10,12H2,1-4H3,(H,21,23). The van der Waals surface area contributed by atoms with Crippen LogP contribution < -0.4 is 10.5 Å². The Morgan fingerprint density at radius 3 is 2.61 bits per heavy atom. The van der Waals surface area contributed by atoms with Crippen molar-refractivity contribution < 1.29 is 0 Å². The summed E-state index contributed by atoms with van der Waals surface area (Å²) in [6.07, 6.45) is 1.54. The molecule has 4 heteroatoms. The molecule has 0 fully saturated rings. The Kier molecular flexibility index (Phi) is 5.23. The van der Waals surface area contributed by atoms with Gasteiger partial charge in [0.15, 0.2) is 0 Å². The summed E-state index contributed by atoms with van der Waals surface area (Å²) in [5, 5.41) is 8.98. The van der Waals surface area contributed by atoms with Crippen molar-refractivity contribution in [1.29, 1.82) is 5.26 Å². The predicted molar refractivity (Wildman–Crippen MR) is 94.0 cm³/mol. The number of anilines is 1. The molecule has 0 unspecified atom stereocenters. The largest absolute Gasteiger partial charge is 0.357 e. The van der Waals surface area contributed by atoms with Gasteiger partial charge in [0, 0.05) is 19.2 Å². The van der Waals surface area contributed by atoms with Gasteiger partial charge in [0.1, 0.15) is 12.2 Å². The molecule has 0 atom stereocenters. The summed E-state index contributed by atoms with van der Waals surface area (Å²) in [7, 11) is 1.79. The molecule has 0 amide bonds. The highest BCUT2D eigenvalue weighted by Crippen LogP contribution is 2.25. The number of pyridine rings is 1. The van der Waals surface area contributed by atoms with Crippen LogP contribution in [0.5, 0.6) is 0 Å². The number of benzene rings is 1. The fourth-order valence-electron chi connectivity index (χ4n) is 3.10. The van der Waals surface area contributed by atoms with Crippen LogP contribution in [0.1, 0.15) is 34.9 Å². The van der Waals surface area contributed by atoms with Gasteiger partial charge in [0.25, 0.3) is 5.56 Å². The maximum atomic E-state index is 12.5. The van der Waals surface area contributed by atoms with Crippen LogP contribution in [0.25, 0.3) is 0 Å². The Bertz CT molecular complexity index is 799. The molecule has 0 saturated heterocycles. The van der Waals surface area contributed by atoms with Crippen molar-refractivity contribution in [2.75, 3.05) is 18.5 Å². The predicted octanol–water partition coefficient (Wildman–Crippen LogP) is 3.10. The molecule has 0 saturated carbocycles. The molecule has 0 aliphatic carbocycles. The molecule has 0 aliphatic rings. The lowest BCUT2D eigenvalue weighted by Gasteiger charge is -2.22. The van der Waals surface area contributed by atoms with Crippen LogP contribution in [-0.4, -0.2) is 18.6 Å². The Balaban J connectivity index is 2.62. The zero-order valence-electron chi connectivity index (χ0n) is 14.2. The van der Waals surface area contributed by atoms with Crippen molar-refractivity contribution >= 4 is 5.69 Å². The van der Waals surface area contributed by atoms with E-state index in [4.69, 9.17) is 5.26 Å². The van der Waals surface area contributed by atoms with Gasteiger partial charge in [-0.3, -0.25) is 4.79 Å². The highest BCUT2D eigenvalue weighted by molar-refractivity contribution is 5.58. The molecule has 0 aliphatic heterocycles. The van der Waals surface area contributed by atoms with Crippen molar-refractivity contribution in [3.63, 3.8) is 0 Å². The van der Waals surface area contributed by atoms with E-state index in [2.05, 4.69) is 43.1 Å². The Labute approximate surface area is 137 Å². The molecule has 1 aromatic carbocycles. The maximum absolute atomic E-state index is 12.5. The Morgan fingerprint density at radius 1 is 1.26 bits per heavy atom. The zero-order valence-corrected chi connectivity index (χ0v) is 14.2. The minimum absolute atomic E-state index is 0.125. The first-order valence-corrected chi connectivity index (χ1v) is 7.86. The number of nitriles is 1. The summed E-state index contributed by atoms with van der Waals surface area (Å²) >= 11 is 0. The van der Waals surface area contributed by atoms with Gasteiger partial charge in [-0.05, 0) is 37.0 Å². The van der Waals surface area contributed by atoms with E-state index in [0.717, 1.165) is 23.2 Å². The Morgan fingerprint density at radius 2 is 2.00 bits per heavy atom. The highest BCUT2D eigenvalue weighted by atomic mass is 16.1. The zero-order chi connectivity index (χ0) is 17.0. The van der Waals surface area contributed by atoms with Gasteiger partial charge < -0.3 is 9.88 Å².